The van der Waals surface area contributed by atoms with Crippen LogP contribution in [0.15, 0.2) is 60.7 Å². The molecule has 1 heterocycles. The Morgan fingerprint density at radius 3 is 1.82 bits per heavy atom. The summed E-state index contributed by atoms with van der Waals surface area (Å²) in [6.07, 6.45) is -1.95. The van der Waals surface area contributed by atoms with Crippen LogP contribution in [0.4, 0.5) is 0 Å². The van der Waals surface area contributed by atoms with Crippen LogP contribution < -0.4 is 31.9 Å². The maximum atomic E-state index is 14.6. The SMILES string of the molecule is CC[C@H](NC(=O)[C@@H]1C[C@@H](OCc2ccccc2)CN1C(=O)[C@@H](NC(=O)[C@@H](NC(=O)[C@H](CC(=O)O)NC(=O)[C@H](CCC(=O)O)NC(C)=O)C(C)C)C(C)C)C(=O)C(=O)NCCc1ccccc1. The molecule has 2 aromatic rings. The minimum atomic E-state index is -1.77. The van der Waals surface area contributed by atoms with Crippen LogP contribution in [0.5, 0.6) is 0 Å². The van der Waals surface area contributed by atoms with Crippen molar-refractivity contribution in [3.63, 3.8) is 0 Å². The molecule has 66 heavy (non-hydrogen) atoms. The molecular formula is C46H63N7O13. The number of ether oxygens (including phenoxy) is 1. The number of carboxylic acid groups (broad SMARTS) is 2. The molecule has 360 valence electrons. The second-order valence-corrected chi connectivity index (χ2v) is 16.8. The number of carbonyl (C=O) groups excluding carboxylic acids is 8. The van der Waals surface area contributed by atoms with Gasteiger partial charge in [-0.15, -0.1) is 0 Å². The molecular weight excluding hydrogens is 859 g/mol. The standard InChI is InChI=1S/C46H63N7O13/c1-7-32(40(59)45(64)47-21-20-29-14-10-8-11-15-29)49-43(62)35-22-31(66-25-30-16-12-9-13-17-30)24-53(35)46(65)39(27(4)5)52-44(63)38(26(2)3)51-42(61)34(23-37(57)58)50-41(60)33(48-28(6)54)18-19-36(55)56/h8-17,26-27,31-35,38-39H,7,18-25H2,1-6H3,(H,47,64)(H,48,54)(H,49,62)(H,50,60)(H,51,61)(H,52,63)(H,55,56)(H,57,58)/t31-,32+,33+,34+,35+,38+,39+/m1/s1. The highest BCUT2D eigenvalue weighted by molar-refractivity contribution is 6.38. The Balaban J connectivity index is 1.82. The summed E-state index contributed by atoms with van der Waals surface area (Å²) >= 11 is 0. The molecule has 20 heteroatoms. The lowest BCUT2D eigenvalue weighted by molar-refractivity contribution is -0.144. The van der Waals surface area contributed by atoms with E-state index in [1.165, 1.54) is 4.90 Å². The van der Waals surface area contributed by atoms with Crippen LogP contribution in [-0.2, 0) is 65.7 Å². The zero-order valence-electron chi connectivity index (χ0n) is 38.2. The molecule has 0 radical (unpaired) electrons. The molecule has 0 aliphatic carbocycles. The van der Waals surface area contributed by atoms with Crippen LogP contribution in [0.25, 0.3) is 0 Å². The van der Waals surface area contributed by atoms with Gasteiger partial charge in [0.15, 0.2) is 0 Å². The fraction of sp³-hybridized carbons (Fsp3) is 0.522. The number of likely N-dealkylation sites (tertiary alicyclic amines) is 1. The average molecular weight is 922 g/mol. The molecule has 1 aliphatic heterocycles. The summed E-state index contributed by atoms with van der Waals surface area (Å²) in [5.74, 6) is -10.8. The van der Waals surface area contributed by atoms with Crippen LogP contribution in [0, 0.1) is 11.8 Å². The topological polar surface area (TPSA) is 296 Å². The summed E-state index contributed by atoms with van der Waals surface area (Å²) in [4.78, 5) is 132. The Kier molecular flexibility index (Phi) is 21.4. The van der Waals surface area contributed by atoms with Gasteiger partial charge in [0, 0.05) is 32.9 Å². The number of benzene rings is 2. The zero-order chi connectivity index (χ0) is 49.1. The Morgan fingerprint density at radius 1 is 0.697 bits per heavy atom. The van der Waals surface area contributed by atoms with E-state index in [1.54, 1.807) is 34.6 Å². The summed E-state index contributed by atoms with van der Waals surface area (Å²) < 4.78 is 6.16. The number of hydrogen-bond donors (Lipinski definition) is 8. The number of aliphatic carboxylic acids is 2. The first-order valence-corrected chi connectivity index (χ1v) is 22.0. The molecule has 1 aliphatic rings. The minimum Gasteiger partial charge on any atom is -0.481 e. The van der Waals surface area contributed by atoms with Gasteiger partial charge in [0.25, 0.3) is 5.91 Å². The third kappa shape index (κ3) is 17.0. The van der Waals surface area contributed by atoms with Gasteiger partial charge in [-0.05, 0) is 42.2 Å². The second-order valence-electron chi connectivity index (χ2n) is 16.8. The number of Topliss-reactive ketones (excluding diaryl/α,β-unsaturated/α-hetero) is 1. The maximum absolute atomic E-state index is 14.6. The van der Waals surface area contributed by atoms with Gasteiger partial charge in [0.05, 0.1) is 25.2 Å². The predicted octanol–water partition coefficient (Wildman–Crippen LogP) is 0.606. The number of carboxylic acids is 2. The van der Waals surface area contributed by atoms with E-state index >= 15 is 0 Å². The summed E-state index contributed by atoms with van der Waals surface area (Å²) in [7, 11) is 0. The average Bonchev–Trinajstić information content (AvgIpc) is 3.71. The quantitative estimate of drug-likeness (QED) is 0.0601. The Hall–Kier alpha value is -6.70. The van der Waals surface area contributed by atoms with Crippen molar-refractivity contribution in [2.24, 2.45) is 11.8 Å². The van der Waals surface area contributed by atoms with Crippen LogP contribution in [0.2, 0.25) is 0 Å². The highest BCUT2D eigenvalue weighted by Crippen LogP contribution is 2.25. The van der Waals surface area contributed by atoms with Crippen molar-refractivity contribution in [1.29, 1.82) is 0 Å². The van der Waals surface area contributed by atoms with E-state index in [0.29, 0.717) is 6.42 Å². The van der Waals surface area contributed by atoms with Gasteiger partial charge in [-0.1, -0.05) is 95.3 Å². The van der Waals surface area contributed by atoms with Crippen LogP contribution in [0.3, 0.4) is 0 Å². The van der Waals surface area contributed by atoms with E-state index in [9.17, 15) is 53.1 Å². The number of ketones is 1. The van der Waals surface area contributed by atoms with Gasteiger partial charge >= 0.3 is 11.9 Å². The van der Waals surface area contributed by atoms with Gasteiger partial charge in [-0.25, -0.2) is 0 Å². The number of nitrogens with zero attached hydrogens (tertiary/aromatic N) is 1. The van der Waals surface area contributed by atoms with Crippen LogP contribution in [-0.4, -0.2) is 130 Å². The number of nitrogens with one attached hydrogen (secondary N) is 6. The van der Waals surface area contributed by atoms with Crippen molar-refractivity contribution in [2.75, 3.05) is 13.1 Å². The van der Waals surface area contributed by atoms with E-state index in [-0.39, 0.29) is 39.0 Å². The first-order chi connectivity index (χ1) is 31.2. The Morgan fingerprint density at radius 2 is 1.27 bits per heavy atom. The van der Waals surface area contributed by atoms with Crippen molar-refractivity contribution in [3.8, 4) is 0 Å². The van der Waals surface area contributed by atoms with Gasteiger partial charge < -0.3 is 51.8 Å². The van der Waals surface area contributed by atoms with Crippen molar-refractivity contribution < 1.29 is 62.9 Å². The number of hydrogen-bond acceptors (Lipinski definition) is 11. The Labute approximate surface area is 383 Å². The molecule has 1 fully saturated rings. The largest absolute Gasteiger partial charge is 0.481 e. The van der Waals surface area contributed by atoms with Gasteiger partial charge in [-0.3, -0.25) is 47.9 Å². The third-order valence-corrected chi connectivity index (χ3v) is 10.8. The van der Waals surface area contributed by atoms with Gasteiger partial charge in [-0.2, -0.15) is 0 Å². The molecule has 0 spiro atoms. The summed E-state index contributed by atoms with van der Waals surface area (Å²) in [5, 5.41) is 33.6. The number of rotatable bonds is 26. The summed E-state index contributed by atoms with van der Waals surface area (Å²) in [6, 6.07) is 10.2. The summed E-state index contributed by atoms with van der Waals surface area (Å²) in [5.41, 5.74) is 1.79. The summed E-state index contributed by atoms with van der Waals surface area (Å²) in [6.45, 7) is 9.41. The molecule has 0 saturated carbocycles. The first-order valence-electron chi connectivity index (χ1n) is 22.0. The second kappa shape index (κ2) is 26.3. The van der Waals surface area contributed by atoms with Crippen molar-refractivity contribution in [1.82, 2.24) is 36.8 Å². The molecule has 0 bridgehead atoms. The lowest BCUT2D eigenvalue weighted by Crippen LogP contribution is -2.61. The first kappa shape index (κ1) is 53.6. The molecule has 8 N–H and O–H groups in total. The van der Waals surface area contributed by atoms with E-state index in [1.807, 2.05) is 60.7 Å². The smallest absolute Gasteiger partial charge is 0.305 e. The van der Waals surface area contributed by atoms with E-state index < -0.39 is 126 Å². The maximum Gasteiger partial charge on any atom is 0.305 e. The molecule has 0 aromatic heterocycles. The molecule has 7 amide bonds. The van der Waals surface area contributed by atoms with Gasteiger partial charge in [0.1, 0.15) is 30.2 Å². The van der Waals surface area contributed by atoms with Crippen molar-refractivity contribution in [2.45, 2.75) is 129 Å². The predicted molar refractivity (Wildman–Crippen MR) is 238 cm³/mol. The van der Waals surface area contributed by atoms with E-state index in [2.05, 4.69) is 31.9 Å². The van der Waals surface area contributed by atoms with Crippen molar-refractivity contribution in [3.05, 3.63) is 71.8 Å². The molecule has 2 aromatic carbocycles. The highest BCUT2D eigenvalue weighted by Gasteiger charge is 2.45. The van der Waals surface area contributed by atoms with Crippen molar-refractivity contribution >= 4 is 59.1 Å². The molecule has 1 saturated heterocycles. The van der Waals surface area contributed by atoms with Crippen LogP contribution >= 0.6 is 0 Å². The molecule has 0 unspecified atom stereocenters. The lowest BCUT2D eigenvalue weighted by Gasteiger charge is -2.32. The van der Waals surface area contributed by atoms with E-state index in [4.69, 9.17) is 9.84 Å². The van der Waals surface area contributed by atoms with Gasteiger partial charge in [0.2, 0.25) is 41.2 Å². The fourth-order valence-electron chi connectivity index (χ4n) is 7.19. The molecule has 20 nitrogen and oxygen atoms in total. The molecule has 3 rings (SSSR count). The normalized spacial score (nSPS) is 16.8. The fourth-order valence-corrected chi connectivity index (χ4v) is 7.19. The third-order valence-electron chi connectivity index (χ3n) is 10.8. The Bertz CT molecular complexity index is 2030. The molecule has 7 atom stereocenters. The monoisotopic (exact) mass is 921 g/mol. The minimum absolute atomic E-state index is 0.0114. The van der Waals surface area contributed by atoms with E-state index in [0.717, 1.165) is 18.1 Å². The highest BCUT2D eigenvalue weighted by atomic mass is 16.5. The zero-order valence-corrected chi connectivity index (χ0v) is 38.2. The number of amides is 7. The number of carbonyl (C=O) groups is 10. The van der Waals surface area contributed by atoms with Crippen LogP contribution in [0.1, 0.15) is 84.8 Å². The lowest BCUT2D eigenvalue weighted by atomic mass is 9.98.